The molecule has 124 valence electrons. The highest BCUT2D eigenvalue weighted by Gasteiger charge is 2.33. The summed E-state index contributed by atoms with van der Waals surface area (Å²) in [6.45, 7) is 4.58. The Morgan fingerprint density at radius 1 is 1.04 bits per heavy atom. The van der Waals surface area contributed by atoms with Crippen LogP contribution in [0.1, 0.15) is 37.9 Å². The summed E-state index contributed by atoms with van der Waals surface area (Å²) in [5.74, 6) is 0.0165. The lowest BCUT2D eigenvalue weighted by Gasteiger charge is -2.12. The van der Waals surface area contributed by atoms with Crippen LogP contribution in [0.5, 0.6) is 0 Å². The molecule has 0 atom stereocenters. The molecule has 1 aromatic heterocycles. The van der Waals surface area contributed by atoms with Crippen LogP contribution in [-0.2, 0) is 12.6 Å². The fourth-order valence-electron chi connectivity index (χ4n) is 2.11. The van der Waals surface area contributed by atoms with Crippen molar-refractivity contribution in [1.82, 2.24) is 9.97 Å². The van der Waals surface area contributed by atoms with Gasteiger partial charge in [0.15, 0.2) is 5.69 Å². The highest BCUT2D eigenvalue weighted by atomic mass is 19.4. The number of anilines is 1. The van der Waals surface area contributed by atoms with E-state index in [9.17, 15) is 13.2 Å². The summed E-state index contributed by atoms with van der Waals surface area (Å²) < 4.78 is 39.2. The van der Waals surface area contributed by atoms with E-state index in [4.69, 9.17) is 0 Å². The number of rotatable bonds is 6. The second-order valence-corrected chi connectivity index (χ2v) is 5.29. The summed E-state index contributed by atoms with van der Waals surface area (Å²) in [6.07, 6.45) is -1.83. The molecule has 0 aliphatic heterocycles. The van der Waals surface area contributed by atoms with Crippen molar-refractivity contribution in [3.05, 3.63) is 41.6 Å². The third-order valence-corrected chi connectivity index (χ3v) is 3.49. The van der Waals surface area contributed by atoms with Crippen molar-refractivity contribution in [3.63, 3.8) is 0 Å². The SMILES string of the molecule is CCCCNc1nc(-c2ccc(CC)cc2)cc(C(F)(F)F)n1. The van der Waals surface area contributed by atoms with Gasteiger partial charge in [0.05, 0.1) is 5.69 Å². The first-order chi connectivity index (χ1) is 10.9. The number of nitrogens with zero attached hydrogens (tertiary/aromatic N) is 2. The monoisotopic (exact) mass is 323 g/mol. The average Bonchev–Trinajstić information content (AvgIpc) is 2.54. The van der Waals surface area contributed by atoms with Crippen LogP contribution in [0.4, 0.5) is 19.1 Å². The maximum atomic E-state index is 13.1. The van der Waals surface area contributed by atoms with E-state index in [0.29, 0.717) is 12.1 Å². The average molecular weight is 323 g/mol. The van der Waals surface area contributed by atoms with E-state index in [0.717, 1.165) is 30.9 Å². The van der Waals surface area contributed by atoms with Gasteiger partial charge in [-0.1, -0.05) is 44.5 Å². The molecule has 0 saturated heterocycles. The van der Waals surface area contributed by atoms with Gasteiger partial charge >= 0.3 is 6.18 Å². The lowest BCUT2D eigenvalue weighted by molar-refractivity contribution is -0.141. The molecule has 0 bridgehead atoms. The Bertz CT molecular complexity index is 637. The number of hydrogen-bond donors (Lipinski definition) is 1. The Hall–Kier alpha value is -2.11. The molecule has 23 heavy (non-hydrogen) atoms. The van der Waals surface area contributed by atoms with Crippen LogP contribution in [0.25, 0.3) is 11.3 Å². The van der Waals surface area contributed by atoms with Gasteiger partial charge in [-0.3, -0.25) is 0 Å². The minimum atomic E-state index is -4.50. The molecule has 0 aliphatic carbocycles. The number of halogens is 3. The number of aromatic nitrogens is 2. The van der Waals surface area contributed by atoms with Crippen LogP contribution in [0.2, 0.25) is 0 Å². The van der Waals surface area contributed by atoms with Gasteiger partial charge in [-0.2, -0.15) is 13.2 Å². The van der Waals surface area contributed by atoms with Crippen molar-refractivity contribution in [1.29, 1.82) is 0 Å². The number of benzene rings is 1. The van der Waals surface area contributed by atoms with Gasteiger partial charge in [0.25, 0.3) is 0 Å². The van der Waals surface area contributed by atoms with Crippen molar-refractivity contribution < 1.29 is 13.2 Å². The van der Waals surface area contributed by atoms with E-state index in [1.165, 1.54) is 0 Å². The Kier molecular flexibility index (Phi) is 5.58. The molecule has 2 aromatic rings. The number of aryl methyl sites for hydroxylation is 1. The summed E-state index contributed by atoms with van der Waals surface area (Å²) in [4.78, 5) is 7.81. The molecule has 1 aromatic carbocycles. The molecule has 0 spiro atoms. The van der Waals surface area contributed by atoms with Crippen LogP contribution in [0, 0.1) is 0 Å². The van der Waals surface area contributed by atoms with E-state index in [1.807, 2.05) is 26.0 Å². The molecule has 0 fully saturated rings. The van der Waals surface area contributed by atoms with Gasteiger partial charge < -0.3 is 5.32 Å². The van der Waals surface area contributed by atoms with Gasteiger partial charge in [0.1, 0.15) is 0 Å². The molecule has 1 N–H and O–H groups in total. The fraction of sp³-hybridized carbons (Fsp3) is 0.412. The summed E-state index contributed by atoms with van der Waals surface area (Å²) in [5.41, 5.74) is 1.11. The van der Waals surface area contributed by atoms with Crippen molar-refractivity contribution in [2.24, 2.45) is 0 Å². The van der Waals surface area contributed by atoms with E-state index in [1.54, 1.807) is 12.1 Å². The van der Waals surface area contributed by atoms with Crippen LogP contribution in [0.15, 0.2) is 30.3 Å². The Morgan fingerprint density at radius 3 is 2.30 bits per heavy atom. The van der Waals surface area contributed by atoms with Crippen molar-refractivity contribution in [2.75, 3.05) is 11.9 Å². The smallest absolute Gasteiger partial charge is 0.354 e. The van der Waals surface area contributed by atoms with Crippen LogP contribution >= 0.6 is 0 Å². The molecular formula is C17H20F3N3. The van der Waals surface area contributed by atoms with Crippen molar-refractivity contribution in [3.8, 4) is 11.3 Å². The number of nitrogens with one attached hydrogen (secondary N) is 1. The maximum Gasteiger partial charge on any atom is 0.433 e. The second kappa shape index (κ2) is 7.44. The zero-order valence-corrected chi connectivity index (χ0v) is 13.2. The minimum Gasteiger partial charge on any atom is -0.354 e. The summed E-state index contributed by atoms with van der Waals surface area (Å²) in [7, 11) is 0. The number of unbranched alkanes of at least 4 members (excludes halogenated alkanes) is 1. The molecular weight excluding hydrogens is 303 g/mol. The van der Waals surface area contributed by atoms with E-state index >= 15 is 0 Å². The summed E-state index contributed by atoms with van der Waals surface area (Å²) >= 11 is 0. The van der Waals surface area contributed by atoms with Gasteiger partial charge in [-0.05, 0) is 24.5 Å². The Balaban J connectivity index is 2.38. The fourth-order valence-corrected chi connectivity index (χ4v) is 2.11. The quantitative estimate of drug-likeness (QED) is 0.765. The largest absolute Gasteiger partial charge is 0.433 e. The molecule has 1 heterocycles. The zero-order chi connectivity index (χ0) is 16.9. The normalized spacial score (nSPS) is 11.5. The second-order valence-electron chi connectivity index (χ2n) is 5.29. The molecule has 0 radical (unpaired) electrons. The Morgan fingerprint density at radius 2 is 1.74 bits per heavy atom. The molecule has 6 heteroatoms. The predicted octanol–water partition coefficient (Wildman–Crippen LogP) is 4.94. The van der Waals surface area contributed by atoms with Crippen molar-refractivity contribution >= 4 is 5.95 Å². The van der Waals surface area contributed by atoms with E-state index in [2.05, 4.69) is 15.3 Å². The van der Waals surface area contributed by atoms with E-state index < -0.39 is 11.9 Å². The molecule has 0 saturated carbocycles. The van der Waals surface area contributed by atoms with Gasteiger partial charge in [-0.25, -0.2) is 9.97 Å². The topological polar surface area (TPSA) is 37.8 Å². The first-order valence-corrected chi connectivity index (χ1v) is 7.73. The maximum absolute atomic E-state index is 13.1. The van der Waals surface area contributed by atoms with E-state index in [-0.39, 0.29) is 11.6 Å². The lowest BCUT2D eigenvalue weighted by atomic mass is 10.1. The zero-order valence-electron chi connectivity index (χ0n) is 13.2. The highest BCUT2D eigenvalue weighted by molar-refractivity contribution is 5.61. The predicted molar refractivity (Wildman–Crippen MR) is 85.2 cm³/mol. The third-order valence-electron chi connectivity index (χ3n) is 3.49. The number of hydrogen-bond acceptors (Lipinski definition) is 3. The standard InChI is InChI=1S/C17H20F3N3/c1-3-5-10-21-16-22-14(11-15(23-16)17(18,19)20)13-8-6-12(4-2)7-9-13/h6-9,11H,3-5,10H2,1-2H3,(H,21,22,23). The van der Waals surface area contributed by atoms with Crippen LogP contribution in [0.3, 0.4) is 0 Å². The third kappa shape index (κ3) is 4.68. The summed E-state index contributed by atoms with van der Waals surface area (Å²) in [6, 6.07) is 8.37. The first kappa shape index (κ1) is 17.2. The van der Waals surface area contributed by atoms with Gasteiger partial charge in [0.2, 0.25) is 5.95 Å². The molecule has 0 amide bonds. The lowest BCUT2D eigenvalue weighted by Crippen LogP contribution is -2.13. The first-order valence-electron chi connectivity index (χ1n) is 7.73. The highest BCUT2D eigenvalue weighted by Crippen LogP contribution is 2.31. The molecule has 2 rings (SSSR count). The van der Waals surface area contributed by atoms with Crippen molar-refractivity contribution in [2.45, 2.75) is 39.3 Å². The van der Waals surface area contributed by atoms with Gasteiger partial charge in [0, 0.05) is 12.1 Å². The molecule has 0 unspecified atom stereocenters. The van der Waals surface area contributed by atoms with Crippen LogP contribution < -0.4 is 5.32 Å². The summed E-state index contributed by atoms with van der Waals surface area (Å²) in [5, 5.41) is 2.87. The van der Waals surface area contributed by atoms with Crippen LogP contribution in [-0.4, -0.2) is 16.5 Å². The minimum absolute atomic E-state index is 0.0165. The molecule has 0 aliphatic rings. The number of alkyl halides is 3. The Labute approximate surface area is 134 Å². The molecule has 3 nitrogen and oxygen atoms in total. The van der Waals surface area contributed by atoms with Gasteiger partial charge in [-0.15, -0.1) is 0 Å².